The Morgan fingerprint density at radius 1 is 1.21 bits per heavy atom. The van der Waals surface area contributed by atoms with Gasteiger partial charge >= 0.3 is 0 Å². The van der Waals surface area contributed by atoms with Crippen molar-refractivity contribution in [1.29, 1.82) is 0 Å². The lowest BCUT2D eigenvalue weighted by Gasteiger charge is -2.28. The van der Waals surface area contributed by atoms with Crippen LogP contribution in [0.25, 0.3) is 0 Å². The smallest absolute Gasteiger partial charge is 0.267 e. The standard InChI is InChI=1S/C13H18N4O2/c18-13(16-17-6-8-19-9-7-17)10-2-1-3-11-12(10)15-5-4-14-11/h1-3,14-15H,4-9H2,(H,16,18). The number of nitrogens with zero attached hydrogens (tertiary/aromatic N) is 1. The number of hydrogen-bond acceptors (Lipinski definition) is 5. The largest absolute Gasteiger partial charge is 0.382 e. The van der Waals surface area contributed by atoms with Gasteiger partial charge in [-0.3, -0.25) is 10.2 Å². The van der Waals surface area contributed by atoms with Crippen molar-refractivity contribution >= 4 is 17.3 Å². The lowest BCUT2D eigenvalue weighted by molar-refractivity contribution is 0.0126. The van der Waals surface area contributed by atoms with E-state index in [1.165, 1.54) is 0 Å². The third kappa shape index (κ3) is 2.64. The molecule has 19 heavy (non-hydrogen) atoms. The zero-order chi connectivity index (χ0) is 13.1. The lowest BCUT2D eigenvalue weighted by Crippen LogP contribution is -2.48. The number of amides is 1. The summed E-state index contributed by atoms with van der Waals surface area (Å²) in [6.07, 6.45) is 0. The van der Waals surface area contributed by atoms with Crippen molar-refractivity contribution in [3.8, 4) is 0 Å². The Labute approximate surface area is 112 Å². The molecule has 102 valence electrons. The number of para-hydroxylation sites is 1. The molecule has 3 N–H and O–H groups in total. The summed E-state index contributed by atoms with van der Waals surface area (Å²) in [6, 6.07) is 5.72. The highest BCUT2D eigenvalue weighted by Crippen LogP contribution is 2.28. The Bertz CT molecular complexity index is 472. The highest BCUT2D eigenvalue weighted by Gasteiger charge is 2.19. The minimum atomic E-state index is -0.0741. The fraction of sp³-hybridized carbons (Fsp3) is 0.462. The number of benzene rings is 1. The number of hydrogen-bond donors (Lipinski definition) is 3. The number of carbonyl (C=O) groups excluding carboxylic acids is 1. The summed E-state index contributed by atoms with van der Waals surface area (Å²) in [5.41, 5.74) is 5.48. The Morgan fingerprint density at radius 2 is 2.00 bits per heavy atom. The van der Waals surface area contributed by atoms with E-state index < -0.39 is 0 Å². The van der Waals surface area contributed by atoms with Crippen molar-refractivity contribution in [2.75, 3.05) is 50.0 Å². The molecule has 2 aliphatic heterocycles. The number of anilines is 2. The molecule has 1 fully saturated rings. The number of ether oxygens (including phenoxy) is 1. The van der Waals surface area contributed by atoms with Crippen molar-refractivity contribution < 1.29 is 9.53 Å². The van der Waals surface area contributed by atoms with Crippen molar-refractivity contribution in [2.45, 2.75) is 0 Å². The van der Waals surface area contributed by atoms with E-state index in [1.807, 2.05) is 23.2 Å². The van der Waals surface area contributed by atoms with Gasteiger partial charge in [-0.15, -0.1) is 0 Å². The van der Waals surface area contributed by atoms with Crippen LogP contribution in [-0.4, -0.2) is 50.3 Å². The van der Waals surface area contributed by atoms with Crippen LogP contribution in [0.5, 0.6) is 0 Å². The van der Waals surface area contributed by atoms with Crippen LogP contribution in [0.3, 0.4) is 0 Å². The predicted octanol–water partition coefficient (Wildman–Crippen LogP) is 0.501. The molecule has 3 rings (SSSR count). The molecule has 0 radical (unpaired) electrons. The zero-order valence-electron chi connectivity index (χ0n) is 10.7. The van der Waals surface area contributed by atoms with Crippen molar-refractivity contribution in [3.05, 3.63) is 23.8 Å². The van der Waals surface area contributed by atoms with E-state index in [0.717, 1.165) is 37.6 Å². The number of fused-ring (bicyclic) bond motifs is 1. The Hall–Kier alpha value is -1.79. The Balaban J connectivity index is 1.75. The first kappa shape index (κ1) is 12.3. The van der Waals surface area contributed by atoms with Gasteiger partial charge in [-0.1, -0.05) is 6.07 Å². The summed E-state index contributed by atoms with van der Waals surface area (Å²) >= 11 is 0. The average molecular weight is 262 g/mol. The lowest BCUT2D eigenvalue weighted by atomic mass is 10.1. The molecule has 1 amide bonds. The topological polar surface area (TPSA) is 65.6 Å². The molecule has 0 aliphatic carbocycles. The molecule has 2 aliphatic rings. The molecule has 0 saturated carbocycles. The molecule has 0 atom stereocenters. The predicted molar refractivity (Wildman–Crippen MR) is 73.3 cm³/mol. The van der Waals surface area contributed by atoms with Gasteiger partial charge in [0.25, 0.3) is 5.91 Å². The van der Waals surface area contributed by atoms with E-state index in [1.54, 1.807) is 0 Å². The average Bonchev–Trinajstić information content (AvgIpc) is 2.47. The number of carbonyl (C=O) groups is 1. The van der Waals surface area contributed by atoms with Crippen molar-refractivity contribution in [3.63, 3.8) is 0 Å². The molecular formula is C13H18N4O2. The van der Waals surface area contributed by atoms with Crippen LogP contribution in [-0.2, 0) is 4.74 Å². The maximum Gasteiger partial charge on any atom is 0.267 e. The third-order valence-corrected chi connectivity index (χ3v) is 3.32. The maximum atomic E-state index is 12.3. The monoisotopic (exact) mass is 262 g/mol. The molecule has 6 heteroatoms. The van der Waals surface area contributed by atoms with Gasteiger partial charge in [-0.2, -0.15) is 0 Å². The third-order valence-electron chi connectivity index (χ3n) is 3.32. The summed E-state index contributed by atoms with van der Waals surface area (Å²) in [4.78, 5) is 12.3. The summed E-state index contributed by atoms with van der Waals surface area (Å²) in [5.74, 6) is -0.0741. The molecule has 6 nitrogen and oxygen atoms in total. The van der Waals surface area contributed by atoms with Gasteiger partial charge in [0.2, 0.25) is 0 Å². The molecule has 0 aromatic heterocycles. The molecule has 1 aromatic carbocycles. The molecule has 1 aromatic rings. The first-order valence-electron chi connectivity index (χ1n) is 6.59. The summed E-state index contributed by atoms with van der Waals surface area (Å²) < 4.78 is 5.26. The summed E-state index contributed by atoms with van der Waals surface area (Å²) in [7, 11) is 0. The molecule has 2 heterocycles. The number of nitrogens with one attached hydrogen (secondary N) is 3. The second kappa shape index (κ2) is 5.46. The van der Waals surface area contributed by atoms with Gasteiger partial charge < -0.3 is 15.4 Å². The Morgan fingerprint density at radius 3 is 2.84 bits per heavy atom. The van der Waals surface area contributed by atoms with Crippen molar-refractivity contribution in [2.24, 2.45) is 0 Å². The van der Waals surface area contributed by atoms with Crippen LogP contribution in [0, 0.1) is 0 Å². The quantitative estimate of drug-likeness (QED) is 0.724. The van der Waals surface area contributed by atoms with Crippen molar-refractivity contribution in [1.82, 2.24) is 10.4 Å². The van der Waals surface area contributed by atoms with Crippen LogP contribution < -0.4 is 16.1 Å². The number of rotatable bonds is 2. The summed E-state index contributed by atoms with van der Waals surface area (Å²) in [5, 5.41) is 8.47. The first-order chi connectivity index (χ1) is 9.34. The fourth-order valence-electron chi connectivity index (χ4n) is 2.34. The normalized spacial score (nSPS) is 18.9. The highest BCUT2D eigenvalue weighted by atomic mass is 16.5. The van der Waals surface area contributed by atoms with Gasteiger partial charge in [-0.05, 0) is 12.1 Å². The van der Waals surface area contributed by atoms with E-state index in [9.17, 15) is 4.79 Å². The minimum absolute atomic E-state index is 0.0741. The van der Waals surface area contributed by atoms with Gasteiger partial charge in [0.1, 0.15) is 0 Å². The fourth-order valence-corrected chi connectivity index (χ4v) is 2.34. The van der Waals surface area contributed by atoms with Crippen LogP contribution >= 0.6 is 0 Å². The number of hydrazine groups is 1. The van der Waals surface area contributed by atoms with E-state index in [-0.39, 0.29) is 5.91 Å². The molecule has 0 bridgehead atoms. The van der Waals surface area contributed by atoms with Crippen LogP contribution in [0.15, 0.2) is 18.2 Å². The van der Waals surface area contributed by atoms with Gasteiger partial charge in [0.15, 0.2) is 0 Å². The summed E-state index contributed by atoms with van der Waals surface area (Å²) in [6.45, 7) is 4.48. The van der Waals surface area contributed by atoms with E-state index in [2.05, 4.69) is 16.1 Å². The minimum Gasteiger partial charge on any atom is -0.382 e. The molecule has 1 saturated heterocycles. The molecule has 0 spiro atoms. The van der Waals surface area contributed by atoms with Crippen LogP contribution in [0.4, 0.5) is 11.4 Å². The number of morpholine rings is 1. The van der Waals surface area contributed by atoms with Gasteiger partial charge in [0, 0.05) is 26.2 Å². The van der Waals surface area contributed by atoms with Gasteiger partial charge in [0.05, 0.1) is 30.2 Å². The van der Waals surface area contributed by atoms with Crippen LogP contribution in [0.1, 0.15) is 10.4 Å². The van der Waals surface area contributed by atoms with E-state index in [0.29, 0.717) is 18.8 Å². The van der Waals surface area contributed by atoms with E-state index in [4.69, 9.17) is 4.74 Å². The van der Waals surface area contributed by atoms with E-state index >= 15 is 0 Å². The maximum absolute atomic E-state index is 12.3. The highest BCUT2D eigenvalue weighted by molar-refractivity contribution is 6.02. The zero-order valence-corrected chi connectivity index (χ0v) is 10.7. The Kier molecular flexibility index (Phi) is 3.52. The molecule has 0 unspecified atom stereocenters. The van der Waals surface area contributed by atoms with Crippen LogP contribution in [0.2, 0.25) is 0 Å². The van der Waals surface area contributed by atoms with Gasteiger partial charge in [-0.25, -0.2) is 5.01 Å². The SMILES string of the molecule is O=C(NN1CCOCC1)c1cccc2c1NCCN2. The molecular weight excluding hydrogens is 244 g/mol. The second-order valence-electron chi connectivity index (χ2n) is 4.62. The second-order valence-corrected chi connectivity index (χ2v) is 4.62. The first-order valence-corrected chi connectivity index (χ1v) is 6.59.